The topological polar surface area (TPSA) is 86.8 Å². The highest BCUT2D eigenvalue weighted by Gasteiger charge is 2.34. The lowest BCUT2D eigenvalue weighted by molar-refractivity contribution is -0.139. The summed E-state index contributed by atoms with van der Waals surface area (Å²) in [5.74, 6) is -1.25. The predicted molar refractivity (Wildman–Crippen MR) is 158 cm³/mol. The maximum absolute atomic E-state index is 14.1. The van der Waals surface area contributed by atoms with Crippen molar-refractivity contribution in [1.29, 1.82) is 0 Å². The highest BCUT2D eigenvalue weighted by molar-refractivity contribution is 7.92. The summed E-state index contributed by atoms with van der Waals surface area (Å²) in [5.41, 5.74) is 3.54. The van der Waals surface area contributed by atoms with Crippen molar-refractivity contribution in [3.8, 4) is 0 Å². The molecule has 0 bridgehead atoms. The SMILES string of the molecule is Cc1ccc(S(=O)(=O)N(CC(=O)N(Cc2ccc(F)cc2)C(C)C(=O)NC2CCCC2)c2cccc(C)c2C)cc1. The summed E-state index contributed by atoms with van der Waals surface area (Å²) in [4.78, 5) is 28.8. The standard InChI is InChI=1S/C32H38FN3O4S/c1-22-12-18-29(19-13-22)41(39,40)36(30-11-7-8-23(2)24(30)3)21-31(37)35(20-26-14-16-27(33)17-15-26)25(4)32(38)34-28-9-5-6-10-28/h7-8,11-19,25,28H,5-6,9-10,20-21H2,1-4H3,(H,34,38). The summed E-state index contributed by atoms with van der Waals surface area (Å²) in [5, 5.41) is 3.05. The molecule has 1 unspecified atom stereocenters. The molecule has 1 fully saturated rings. The number of aryl methyl sites for hydroxylation is 2. The lowest BCUT2D eigenvalue weighted by Gasteiger charge is -2.33. The first-order valence-electron chi connectivity index (χ1n) is 14.0. The van der Waals surface area contributed by atoms with Gasteiger partial charge in [0.05, 0.1) is 10.6 Å². The van der Waals surface area contributed by atoms with Crippen LogP contribution in [0.5, 0.6) is 0 Å². The molecular formula is C32H38FN3O4S. The van der Waals surface area contributed by atoms with Crippen LogP contribution in [-0.4, -0.2) is 43.8 Å². The highest BCUT2D eigenvalue weighted by Crippen LogP contribution is 2.29. The number of sulfonamides is 1. The van der Waals surface area contributed by atoms with Crippen LogP contribution < -0.4 is 9.62 Å². The lowest BCUT2D eigenvalue weighted by Crippen LogP contribution is -2.52. The van der Waals surface area contributed by atoms with E-state index in [-0.39, 0.29) is 23.4 Å². The third kappa shape index (κ3) is 7.14. The molecule has 9 heteroatoms. The number of nitrogens with one attached hydrogen (secondary N) is 1. The second-order valence-electron chi connectivity index (χ2n) is 10.9. The van der Waals surface area contributed by atoms with E-state index in [0.29, 0.717) is 11.3 Å². The fourth-order valence-electron chi connectivity index (χ4n) is 5.12. The third-order valence-corrected chi connectivity index (χ3v) is 9.64. The zero-order valence-corrected chi connectivity index (χ0v) is 24.9. The Morgan fingerprint density at radius 1 is 0.951 bits per heavy atom. The number of amides is 2. The fraction of sp³-hybridized carbons (Fsp3) is 0.375. The second kappa shape index (κ2) is 12.9. The van der Waals surface area contributed by atoms with E-state index in [4.69, 9.17) is 0 Å². The average Bonchev–Trinajstić information content (AvgIpc) is 3.46. The van der Waals surface area contributed by atoms with Crippen molar-refractivity contribution in [2.45, 2.75) is 76.9 Å². The quantitative estimate of drug-likeness (QED) is 0.348. The minimum atomic E-state index is -4.15. The summed E-state index contributed by atoms with van der Waals surface area (Å²) in [6.07, 6.45) is 3.86. The number of carbonyl (C=O) groups is 2. The number of anilines is 1. The molecule has 1 aliphatic rings. The van der Waals surface area contributed by atoms with Crippen LogP contribution >= 0.6 is 0 Å². The molecule has 3 aromatic carbocycles. The molecule has 0 heterocycles. The number of hydrogen-bond acceptors (Lipinski definition) is 4. The Labute approximate surface area is 242 Å². The summed E-state index contributed by atoms with van der Waals surface area (Å²) in [6.45, 7) is 6.72. The van der Waals surface area contributed by atoms with Crippen LogP contribution in [-0.2, 0) is 26.2 Å². The molecule has 7 nitrogen and oxygen atoms in total. The van der Waals surface area contributed by atoms with Crippen LogP contribution in [0.4, 0.5) is 10.1 Å². The molecule has 2 amide bonds. The molecule has 1 saturated carbocycles. The van der Waals surface area contributed by atoms with E-state index in [1.165, 1.54) is 29.2 Å². The number of benzene rings is 3. The van der Waals surface area contributed by atoms with Gasteiger partial charge in [0, 0.05) is 12.6 Å². The van der Waals surface area contributed by atoms with Crippen LogP contribution in [0.2, 0.25) is 0 Å². The molecular weight excluding hydrogens is 541 g/mol. The van der Waals surface area contributed by atoms with Gasteiger partial charge in [0.15, 0.2) is 0 Å². The summed E-state index contributed by atoms with van der Waals surface area (Å²) < 4.78 is 42.8. The predicted octanol–water partition coefficient (Wildman–Crippen LogP) is 5.42. The smallest absolute Gasteiger partial charge is 0.264 e. The molecule has 0 saturated heterocycles. The summed E-state index contributed by atoms with van der Waals surface area (Å²) in [6, 6.07) is 16.7. The molecule has 3 aromatic rings. The van der Waals surface area contributed by atoms with Crippen LogP contribution in [0.3, 0.4) is 0 Å². The molecule has 1 atom stereocenters. The zero-order chi connectivity index (χ0) is 29.7. The van der Waals surface area contributed by atoms with E-state index >= 15 is 0 Å². The van der Waals surface area contributed by atoms with Crippen molar-refractivity contribution in [3.05, 3.63) is 94.8 Å². The van der Waals surface area contributed by atoms with Gasteiger partial charge in [0.1, 0.15) is 18.4 Å². The molecule has 0 radical (unpaired) electrons. The first kappa shape index (κ1) is 30.2. The minimum Gasteiger partial charge on any atom is -0.352 e. The van der Waals surface area contributed by atoms with Crippen molar-refractivity contribution >= 4 is 27.5 Å². The number of halogens is 1. The maximum atomic E-state index is 14.1. The first-order valence-corrected chi connectivity index (χ1v) is 15.4. The van der Waals surface area contributed by atoms with E-state index in [2.05, 4.69) is 5.32 Å². The highest BCUT2D eigenvalue weighted by atomic mass is 32.2. The van der Waals surface area contributed by atoms with Gasteiger partial charge in [0.2, 0.25) is 11.8 Å². The first-order chi connectivity index (χ1) is 19.5. The lowest BCUT2D eigenvalue weighted by atomic mass is 10.1. The van der Waals surface area contributed by atoms with Gasteiger partial charge in [0.25, 0.3) is 10.0 Å². The van der Waals surface area contributed by atoms with Crippen molar-refractivity contribution in [3.63, 3.8) is 0 Å². The molecule has 4 rings (SSSR count). The van der Waals surface area contributed by atoms with Gasteiger partial charge >= 0.3 is 0 Å². The molecule has 0 aliphatic heterocycles. The molecule has 41 heavy (non-hydrogen) atoms. The van der Waals surface area contributed by atoms with E-state index in [9.17, 15) is 22.4 Å². The van der Waals surface area contributed by atoms with Crippen LogP contribution in [0.25, 0.3) is 0 Å². The van der Waals surface area contributed by atoms with Crippen molar-refractivity contribution in [2.24, 2.45) is 0 Å². The van der Waals surface area contributed by atoms with Crippen LogP contribution in [0.1, 0.15) is 54.9 Å². The van der Waals surface area contributed by atoms with Crippen LogP contribution in [0.15, 0.2) is 71.6 Å². The molecule has 1 N–H and O–H groups in total. The number of rotatable bonds is 10. The second-order valence-corrected chi connectivity index (χ2v) is 12.7. The van der Waals surface area contributed by atoms with Crippen molar-refractivity contribution < 1.29 is 22.4 Å². The minimum absolute atomic E-state index is 0.0174. The summed E-state index contributed by atoms with van der Waals surface area (Å²) >= 11 is 0. The fourth-order valence-corrected chi connectivity index (χ4v) is 6.59. The largest absolute Gasteiger partial charge is 0.352 e. The Balaban J connectivity index is 1.71. The van der Waals surface area contributed by atoms with E-state index in [0.717, 1.165) is 46.7 Å². The Kier molecular flexibility index (Phi) is 9.48. The molecule has 1 aliphatic carbocycles. The Morgan fingerprint density at radius 3 is 2.22 bits per heavy atom. The normalized spacial score (nSPS) is 14.5. The van der Waals surface area contributed by atoms with Gasteiger partial charge in [-0.3, -0.25) is 13.9 Å². The van der Waals surface area contributed by atoms with Crippen molar-refractivity contribution in [1.82, 2.24) is 10.2 Å². The monoisotopic (exact) mass is 579 g/mol. The summed E-state index contributed by atoms with van der Waals surface area (Å²) in [7, 11) is -4.15. The average molecular weight is 580 g/mol. The Hall–Kier alpha value is -3.72. The van der Waals surface area contributed by atoms with Gasteiger partial charge in [-0.25, -0.2) is 12.8 Å². The number of carbonyl (C=O) groups excluding carboxylic acids is 2. The zero-order valence-electron chi connectivity index (χ0n) is 24.1. The van der Waals surface area contributed by atoms with Gasteiger partial charge in [-0.15, -0.1) is 0 Å². The number of hydrogen-bond donors (Lipinski definition) is 1. The van der Waals surface area contributed by atoms with Gasteiger partial charge in [-0.05, 0) is 87.6 Å². The maximum Gasteiger partial charge on any atom is 0.264 e. The van der Waals surface area contributed by atoms with Crippen LogP contribution in [0, 0.1) is 26.6 Å². The Morgan fingerprint density at radius 2 is 1.59 bits per heavy atom. The number of nitrogens with zero attached hydrogens (tertiary/aromatic N) is 2. The van der Waals surface area contributed by atoms with E-state index < -0.39 is 34.3 Å². The molecule has 0 aromatic heterocycles. The third-order valence-electron chi connectivity index (χ3n) is 7.87. The molecule has 0 spiro atoms. The Bertz CT molecular complexity index is 1480. The van der Waals surface area contributed by atoms with Gasteiger partial charge in [-0.2, -0.15) is 0 Å². The van der Waals surface area contributed by atoms with Gasteiger partial charge in [-0.1, -0.05) is 54.8 Å². The van der Waals surface area contributed by atoms with Gasteiger partial charge < -0.3 is 10.2 Å². The van der Waals surface area contributed by atoms with E-state index in [1.807, 2.05) is 26.8 Å². The van der Waals surface area contributed by atoms with Crippen molar-refractivity contribution in [2.75, 3.05) is 10.8 Å². The molecule has 218 valence electrons. The van der Waals surface area contributed by atoms with E-state index in [1.54, 1.807) is 43.3 Å².